The SMILES string of the molecule is Cc1cnc2c(Cl)c(C(=O)NCc3cn4c(n3)SCC4)nn2c1. The Morgan fingerprint density at radius 3 is 3.17 bits per heavy atom. The first-order valence-corrected chi connectivity index (χ1v) is 8.46. The predicted molar refractivity (Wildman–Crippen MR) is 86.9 cm³/mol. The molecule has 1 aliphatic rings. The molecule has 0 spiro atoms. The van der Waals surface area contributed by atoms with Gasteiger partial charge in [-0.25, -0.2) is 14.5 Å². The van der Waals surface area contributed by atoms with Gasteiger partial charge in [0.05, 0.1) is 12.2 Å². The Labute approximate surface area is 141 Å². The Kier molecular flexibility index (Phi) is 3.50. The summed E-state index contributed by atoms with van der Waals surface area (Å²) in [4.78, 5) is 21.0. The minimum absolute atomic E-state index is 0.172. The fourth-order valence-electron chi connectivity index (χ4n) is 2.45. The number of nitrogens with one attached hydrogen (secondary N) is 1. The van der Waals surface area contributed by atoms with Crippen molar-refractivity contribution in [3.63, 3.8) is 0 Å². The van der Waals surface area contributed by atoms with Crippen LogP contribution in [0.3, 0.4) is 0 Å². The van der Waals surface area contributed by atoms with Crippen molar-refractivity contribution in [3.8, 4) is 0 Å². The quantitative estimate of drug-likeness (QED) is 0.782. The van der Waals surface area contributed by atoms with E-state index in [4.69, 9.17) is 11.6 Å². The molecule has 0 saturated heterocycles. The molecule has 7 nitrogen and oxygen atoms in total. The zero-order chi connectivity index (χ0) is 16.0. The van der Waals surface area contributed by atoms with E-state index in [9.17, 15) is 4.79 Å². The molecule has 1 aliphatic heterocycles. The molecule has 0 aliphatic carbocycles. The summed E-state index contributed by atoms with van der Waals surface area (Å²) in [5.41, 5.74) is 2.41. The maximum atomic E-state index is 12.3. The molecule has 0 radical (unpaired) electrons. The van der Waals surface area contributed by atoms with Crippen LogP contribution in [-0.2, 0) is 13.1 Å². The molecule has 3 aromatic rings. The van der Waals surface area contributed by atoms with Crippen LogP contribution in [0.1, 0.15) is 21.7 Å². The molecule has 4 rings (SSSR count). The maximum Gasteiger partial charge on any atom is 0.273 e. The number of halogens is 1. The van der Waals surface area contributed by atoms with Crippen LogP contribution in [0.4, 0.5) is 0 Å². The molecule has 23 heavy (non-hydrogen) atoms. The van der Waals surface area contributed by atoms with Crippen molar-refractivity contribution in [2.24, 2.45) is 0 Å². The largest absolute Gasteiger partial charge is 0.345 e. The molecular weight excluding hydrogens is 336 g/mol. The van der Waals surface area contributed by atoms with Crippen LogP contribution in [0.5, 0.6) is 0 Å². The third-order valence-electron chi connectivity index (χ3n) is 3.54. The highest BCUT2D eigenvalue weighted by Crippen LogP contribution is 2.24. The summed E-state index contributed by atoms with van der Waals surface area (Å²) in [6.45, 7) is 3.21. The lowest BCUT2D eigenvalue weighted by molar-refractivity contribution is 0.0945. The van der Waals surface area contributed by atoms with E-state index >= 15 is 0 Å². The van der Waals surface area contributed by atoms with Gasteiger partial charge >= 0.3 is 0 Å². The minimum atomic E-state index is -0.334. The Morgan fingerprint density at radius 2 is 2.35 bits per heavy atom. The monoisotopic (exact) mass is 348 g/mol. The van der Waals surface area contributed by atoms with Crippen LogP contribution >= 0.6 is 23.4 Å². The number of nitrogens with zero attached hydrogens (tertiary/aromatic N) is 5. The number of aryl methyl sites for hydroxylation is 2. The fourth-order valence-corrected chi connectivity index (χ4v) is 3.67. The molecule has 9 heteroatoms. The van der Waals surface area contributed by atoms with Gasteiger partial charge in [0.2, 0.25) is 0 Å². The van der Waals surface area contributed by atoms with Crippen LogP contribution in [0.2, 0.25) is 5.02 Å². The number of hydrogen-bond donors (Lipinski definition) is 1. The zero-order valence-electron chi connectivity index (χ0n) is 12.3. The highest BCUT2D eigenvalue weighted by molar-refractivity contribution is 7.99. The second-order valence-corrected chi connectivity index (χ2v) is 6.74. The Balaban J connectivity index is 1.53. The van der Waals surface area contributed by atoms with E-state index in [1.807, 2.05) is 13.1 Å². The van der Waals surface area contributed by atoms with Crippen molar-refractivity contribution in [2.45, 2.75) is 25.2 Å². The summed E-state index contributed by atoms with van der Waals surface area (Å²) >= 11 is 7.94. The van der Waals surface area contributed by atoms with Crippen molar-refractivity contribution >= 4 is 34.9 Å². The Morgan fingerprint density at radius 1 is 1.48 bits per heavy atom. The number of fused-ring (bicyclic) bond motifs is 2. The third kappa shape index (κ3) is 2.57. The average molecular weight is 349 g/mol. The van der Waals surface area contributed by atoms with E-state index in [-0.39, 0.29) is 16.6 Å². The van der Waals surface area contributed by atoms with E-state index in [2.05, 4.69) is 25.0 Å². The van der Waals surface area contributed by atoms with E-state index in [1.54, 1.807) is 24.2 Å². The molecule has 0 aromatic carbocycles. The third-order valence-corrected chi connectivity index (χ3v) is 4.86. The molecule has 0 atom stereocenters. The average Bonchev–Trinajstić information content (AvgIpc) is 3.18. The van der Waals surface area contributed by atoms with Crippen LogP contribution in [0, 0.1) is 6.92 Å². The standard InChI is InChI=1S/C14H13ClN6OS/c1-8-4-16-12-10(15)11(19-21(12)6-8)13(22)17-5-9-7-20-2-3-23-14(20)18-9/h4,6-7H,2-3,5H2,1H3,(H,17,22). The Bertz CT molecular complexity index is 896. The first-order valence-electron chi connectivity index (χ1n) is 7.09. The molecule has 0 saturated carbocycles. The van der Waals surface area contributed by atoms with Crippen molar-refractivity contribution in [2.75, 3.05) is 5.75 Å². The van der Waals surface area contributed by atoms with Gasteiger partial charge in [-0.2, -0.15) is 5.10 Å². The molecule has 118 valence electrons. The topological polar surface area (TPSA) is 77.1 Å². The lowest BCUT2D eigenvalue weighted by Gasteiger charge is -2.00. The predicted octanol–water partition coefficient (Wildman–Crippen LogP) is 1.92. The van der Waals surface area contributed by atoms with E-state index in [0.29, 0.717) is 12.2 Å². The molecule has 4 heterocycles. The number of aromatic nitrogens is 5. The van der Waals surface area contributed by atoms with Gasteiger partial charge in [-0.1, -0.05) is 23.4 Å². The number of amides is 1. The van der Waals surface area contributed by atoms with Crippen LogP contribution < -0.4 is 5.32 Å². The number of rotatable bonds is 3. The van der Waals surface area contributed by atoms with Gasteiger partial charge in [-0.3, -0.25) is 4.79 Å². The maximum absolute atomic E-state index is 12.3. The summed E-state index contributed by atoms with van der Waals surface area (Å²) in [5.74, 6) is 0.720. The minimum Gasteiger partial charge on any atom is -0.345 e. The fraction of sp³-hybridized carbons (Fsp3) is 0.286. The lowest BCUT2D eigenvalue weighted by atomic mass is 10.3. The number of thioether (sulfide) groups is 1. The number of hydrogen-bond acceptors (Lipinski definition) is 5. The van der Waals surface area contributed by atoms with Crippen molar-refractivity contribution in [1.82, 2.24) is 29.5 Å². The van der Waals surface area contributed by atoms with E-state index in [0.717, 1.165) is 28.7 Å². The highest BCUT2D eigenvalue weighted by atomic mass is 35.5. The van der Waals surface area contributed by atoms with Crippen LogP contribution in [-0.4, -0.2) is 35.8 Å². The number of carbonyl (C=O) groups is 1. The summed E-state index contributed by atoms with van der Waals surface area (Å²) in [6, 6.07) is 0. The van der Waals surface area contributed by atoms with Gasteiger partial charge in [-0.15, -0.1) is 0 Å². The molecule has 0 fully saturated rings. The zero-order valence-corrected chi connectivity index (χ0v) is 13.9. The highest BCUT2D eigenvalue weighted by Gasteiger charge is 2.20. The molecule has 0 unspecified atom stereocenters. The van der Waals surface area contributed by atoms with Crippen molar-refractivity contribution < 1.29 is 4.79 Å². The Hall–Kier alpha value is -2.06. The molecule has 3 aromatic heterocycles. The molecular formula is C14H13ClN6OS. The van der Waals surface area contributed by atoms with Crippen LogP contribution in [0.15, 0.2) is 23.7 Å². The smallest absolute Gasteiger partial charge is 0.273 e. The van der Waals surface area contributed by atoms with E-state index < -0.39 is 0 Å². The van der Waals surface area contributed by atoms with Crippen LogP contribution in [0.25, 0.3) is 5.65 Å². The molecule has 1 amide bonds. The van der Waals surface area contributed by atoms with Gasteiger partial charge in [0, 0.05) is 30.9 Å². The normalized spacial score (nSPS) is 13.5. The summed E-state index contributed by atoms with van der Waals surface area (Å²) in [5, 5.41) is 8.28. The lowest BCUT2D eigenvalue weighted by Crippen LogP contribution is -2.23. The second kappa shape index (κ2) is 5.54. The van der Waals surface area contributed by atoms with E-state index in [1.165, 1.54) is 4.52 Å². The summed E-state index contributed by atoms with van der Waals surface area (Å²) in [6.07, 6.45) is 5.43. The number of carbonyl (C=O) groups excluding carboxylic acids is 1. The van der Waals surface area contributed by atoms with Crippen molar-refractivity contribution in [3.05, 3.63) is 40.6 Å². The van der Waals surface area contributed by atoms with Gasteiger partial charge in [0.25, 0.3) is 5.91 Å². The van der Waals surface area contributed by atoms with Crippen molar-refractivity contribution in [1.29, 1.82) is 0 Å². The van der Waals surface area contributed by atoms with Gasteiger partial charge in [0.1, 0.15) is 5.02 Å². The summed E-state index contributed by atoms with van der Waals surface area (Å²) in [7, 11) is 0. The second-order valence-electron chi connectivity index (χ2n) is 5.30. The van der Waals surface area contributed by atoms with Gasteiger partial charge < -0.3 is 9.88 Å². The van der Waals surface area contributed by atoms with Gasteiger partial charge in [-0.05, 0) is 12.5 Å². The first-order chi connectivity index (χ1) is 11.1. The molecule has 0 bridgehead atoms. The summed E-state index contributed by atoms with van der Waals surface area (Å²) < 4.78 is 3.62. The van der Waals surface area contributed by atoms with Gasteiger partial charge in [0.15, 0.2) is 16.5 Å². The molecule has 1 N–H and O–H groups in total. The first kappa shape index (κ1) is 14.5. The number of imidazole rings is 1.